The number of hydrogen-bond acceptors (Lipinski definition) is 6. The van der Waals surface area contributed by atoms with Gasteiger partial charge in [0, 0.05) is 26.7 Å². The number of carbonyl (C=O) groups excluding carboxylic acids is 6. The number of hydrogen-bond donors (Lipinski definition) is 3. The maximum Gasteiger partial charge on any atom is 0.325 e. The van der Waals surface area contributed by atoms with Crippen LogP contribution in [0.2, 0.25) is 0 Å². The predicted molar refractivity (Wildman–Crippen MR) is 108 cm³/mol. The molecule has 0 spiro atoms. The van der Waals surface area contributed by atoms with Gasteiger partial charge in [0.15, 0.2) is 0 Å². The lowest BCUT2D eigenvalue weighted by Gasteiger charge is -2.32. The summed E-state index contributed by atoms with van der Waals surface area (Å²) < 4.78 is 0. The molecule has 1 aliphatic rings. The van der Waals surface area contributed by atoms with Crippen LogP contribution in [0.5, 0.6) is 0 Å². The second-order valence-corrected chi connectivity index (χ2v) is 6.69. The minimum atomic E-state index is -1.39. The van der Waals surface area contributed by atoms with Gasteiger partial charge >= 0.3 is 17.8 Å². The average Bonchev–Trinajstić information content (AvgIpc) is 2.78. The molecule has 1 heterocycles. The first-order valence-corrected chi connectivity index (χ1v) is 9.67. The van der Waals surface area contributed by atoms with E-state index >= 15 is 0 Å². The average molecular weight is 430 g/mol. The van der Waals surface area contributed by atoms with Crippen LogP contribution >= 0.6 is 0 Å². The van der Waals surface area contributed by atoms with E-state index in [1.807, 2.05) is 0 Å². The van der Waals surface area contributed by atoms with Crippen molar-refractivity contribution in [1.82, 2.24) is 25.8 Å². The summed E-state index contributed by atoms with van der Waals surface area (Å²) in [5.74, 6) is -3.21. The van der Waals surface area contributed by atoms with Gasteiger partial charge in [-0.15, -0.1) is 0 Å². The lowest BCUT2D eigenvalue weighted by Crippen LogP contribution is -2.60. The zero-order chi connectivity index (χ0) is 23.0. The fourth-order valence-corrected chi connectivity index (χ4v) is 2.96. The van der Waals surface area contributed by atoms with Crippen LogP contribution in [0.3, 0.4) is 0 Å². The van der Waals surface area contributed by atoms with Crippen molar-refractivity contribution < 1.29 is 28.8 Å². The predicted octanol–water partition coefficient (Wildman–Crippen LogP) is -1.14. The molecule has 2 rings (SSSR count). The molecule has 2 unspecified atom stereocenters. The molecule has 0 bridgehead atoms. The number of imide groups is 1. The van der Waals surface area contributed by atoms with Crippen molar-refractivity contribution in [2.75, 3.05) is 26.7 Å². The van der Waals surface area contributed by atoms with Gasteiger partial charge < -0.3 is 20.9 Å². The molecular weight excluding hydrogens is 406 g/mol. The van der Waals surface area contributed by atoms with Crippen LogP contribution in [0.15, 0.2) is 30.3 Å². The molecule has 1 aliphatic heterocycles. The van der Waals surface area contributed by atoms with Gasteiger partial charge in [0.2, 0.25) is 18.1 Å². The second-order valence-electron chi connectivity index (χ2n) is 6.69. The fourth-order valence-electron chi connectivity index (χ4n) is 2.96. The number of urea groups is 1. The molecule has 1 saturated heterocycles. The molecule has 1 aromatic carbocycles. The molecule has 6 amide bonds. The van der Waals surface area contributed by atoms with E-state index < -0.39 is 48.2 Å². The van der Waals surface area contributed by atoms with Crippen molar-refractivity contribution in [2.45, 2.75) is 25.4 Å². The normalized spacial score (nSPS) is 15.7. The van der Waals surface area contributed by atoms with Gasteiger partial charge in [-0.2, -0.15) is 0 Å². The van der Waals surface area contributed by atoms with Crippen molar-refractivity contribution in [3.8, 4) is 0 Å². The Morgan fingerprint density at radius 2 is 1.74 bits per heavy atom. The van der Waals surface area contributed by atoms with Crippen LogP contribution in [0.1, 0.15) is 24.9 Å². The van der Waals surface area contributed by atoms with E-state index in [1.54, 1.807) is 43.5 Å². The number of amides is 6. The molecule has 0 aliphatic carbocycles. The molecule has 1 radical (unpaired) electrons. The molecule has 11 heteroatoms. The van der Waals surface area contributed by atoms with E-state index in [4.69, 9.17) is 0 Å². The standard InChI is InChI=1S/C20H24N5O6/c1-3-24-9-10-25(19(30)18(24)29)20(31)23-14(11-16(27)21-2)17(28)22-15(12-26)13-7-5-4-6-8-13/h4-8,14-15H,3,9-11H2,1-2H3,(H,21,27)(H,22,28)(H,23,31). The summed E-state index contributed by atoms with van der Waals surface area (Å²) in [4.78, 5) is 74.8. The number of piperazine rings is 1. The van der Waals surface area contributed by atoms with Gasteiger partial charge in [-0.1, -0.05) is 30.3 Å². The third kappa shape index (κ3) is 5.87. The Morgan fingerprint density at radius 1 is 1.06 bits per heavy atom. The van der Waals surface area contributed by atoms with Crippen molar-refractivity contribution in [1.29, 1.82) is 0 Å². The number of likely N-dealkylation sites (N-methyl/N-ethyl adjacent to an activating group) is 1. The number of carbonyl (C=O) groups is 5. The Balaban J connectivity index is 2.14. The first kappa shape index (κ1) is 23.5. The van der Waals surface area contributed by atoms with Crippen molar-refractivity contribution in [3.05, 3.63) is 35.9 Å². The fraction of sp³-hybridized carbons (Fsp3) is 0.400. The second kappa shape index (κ2) is 10.9. The van der Waals surface area contributed by atoms with Crippen LogP contribution in [0.4, 0.5) is 4.79 Å². The highest BCUT2D eigenvalue weighted by Crippen LogP contribution is 2.11. The molecule has 0 saturated carbocycles. The Kier molecular flexibility index (Phi) is 8.24. The van der Waals surface area contributed by atoms with Crippen LogP contribution in [0, 0.1) is 0 Å². The number of benzene rings is 1. The van der Waals surface area contributed by atoms with Crippen molar-refractivity contribution in [2.24, 2.45) is 0 Å². The van der Waals surface area contributed by atoms with Crippen LogP contribution < -0.4 is 16.0 Å². The lowest BCUT2D eigenvalue weighted by atomic mass is 10.1. The van der Waals surface area contributed by atoms with Gasteiger partial charge in [-0.3, -0.25) is 28.9 Å². The smallest absolute Gasteiger partial charge is 0.325 e. The van der Waals surface area contributed by atoms with Gasteiger partial charge in [-0.05, 0) is 12.5 Å². The summed E-state index contributed by atoms with van der Waals surface area (Å²) in [5, 5.41) is 7.07. The Morgan fingerprint density at radius 3 is 2.32 bits per heavy atom. The van der Waals surface area contributed by atoms with Crippen LogP contribution in [-0.2, 0) is 24.0 Å². The van der Waals surface area contributed by atoms with E-state index in [9.17, 15) is 28.8 Å². The molecule has 11 nitrogen and oxygen atoms in total. The molecule has 31 heavy (non-hydrogen) atoms. The zero-order valence-electron chi connectivity index (χ0n) is 17.2. The van der Waals surface area contributed by atoms with Gasteiger partial charge in [0.1, 0.15) is 12.1 Å². The summed E-state index contributed by atoms with van der Waals surface area (Å²) in [7, 11) is 1.36. The van der Waals surface area contributed by atoms with E-state index in [1.165, 1.54) is 11.9 Å². The van der Waals surface area contributed by atoms with E-state index in [0.29, 0.717) is 17.0 Å². The molecule has 1 aromatic rings. The zero-order valence-corrected chi connectivity index (χ0v) is 17.2. The molecular formula is C20H24N5O6. The topological polar surface area (TPSA) is 145 Å². The quantitative estimate of drug-likeness (QED) is 0.445. The van der Waals surface area contributed by atoms with E-state index in [-0.39, 0.29) is 13.1 Å². The summed E-state index contributed by atoms with van der Waals surface area (Å²) in [6.07, 6.45) is 1.26. The SMILES string of the molecule is CCN1CCN(C(=O)NC(CC(=O)NC)C(=O)NC([C]=O)c2ccccc2)C(=O)C1=O. The van der Waals surface area contributed by atoms with Crippen molar-refractivity contribution >= 4 is 35.9 Å². The first-order valence-electron chi connectivity index (χ1n) is 9.67. The highest BCUT2D eigenvalue weighted by atomic mass is 16.2. The summed E-state index contributed by atoms with van der Waals surface area (Å²) in [6, 6.07) is 4.82. The van der Waals surface area contributed by atoms with E-state index in [0.717, 1.165) is 0 Å². The van der Waals surface area contributed by atoms with Crippen LogP contribution in [-0.4, -0.2) is 78.5 Å². The van der Waals surface area contributed by atoms with E-state index in [2.05, 4.69) is 16.0 Å². The minimum Gasteiger partial charge on any atom is -0.359 e. The molecule has 1 fully saturated rings. The largest absolute Gasteiger partial charge is 0.359 e. The summed E-state index contributed by atoms with van der Waals surface area (Å²) >= 11 is 0. The maximum absolute atomic E-state index is 12.7. The summed E-state index contributed by atoms with van der Waals surface area (Å²) in [6.45, 7) is 2.15. The third-order valence-electron chi connectivity index (χ3n) is 4.76. The third-order valence-corrected chi connectivity index (χ3v) is 4.76. The summed E-state index contributed by atoms with van der Waals surface area (Å²) in [5.41, 5.74) is 0.465. The Labute approximate surface area is 179 Å². The van der Waals surface area contributed by atoms with Gasteiger partial charge in [0.25, 0.3) is 0 Å². The minimum absolute atomic E-state index is 0.0483. The highest BCUT2D eigenvalue weighted by Gasteiger charge is 2.37. The number of rotatable bonds is 8. The van der Waals surface area contributed by atoms with Gasteiger partial charge in [-0.25, -0.2) is 4.79 Å². The molecule has 3 N–H and O–H groups in total. The Hall–Kier alpha value is -3.76. The monoisotopic (exact) mass is 430 g/mol. The molecule has 165 valence electrons. The van der Waals surface area contributed by atoms with Gasteiger partial charge in [0.05, 0.1) is 6.42 Å². The first-order chi connectivity index (χ1) is 14.8. The lowest BCUT2D eigenvalue weighted by molar-refractivity contribution is -0.153. The number of nitrogens with one attached hydrogen (secondary N) is 3. The molecule has 2 atom stereocenters. The molecule has 0 aromatic heterocycles. The number of nitrogens with zero attached hydrogens (tertiary/aromatic N) is 2. The Bertz CT molecular complexity index is 859. The highest BCUT2D eigenvalue weighted by molar-refractivity contribution is 6.38. The maximum atomic E-state index is 12.7. The van der Waals surface area contributed by atoms with Crippen LogP contribution in [0.25, 0.3) is 0 Å². The van der Waals surface area contributed by atoms with Crippen molar-refractivity contribution in [3.63, 3.8) is 0 Å².